The second kappa shape index (κ2) is 5.95. The highest BCUT2D eigenvalue weighted by Gasteiger charge is 2.45. The third-order valence-corrected chi connectivity index (χ3v) is 4.56. The van der Waals surface area contributed by atoms with Crippen molar-refractivity contribution in [2.45, 2.75) is 38.8 Å². The molecule has 2 aromatic rings. The number of nitrogens with zero attached hydrogens (tertiary/aromatic N) is 1. The lowest BCUT2D eigenvalue weighted by Gasteiger charge is -2.42. The number of para-hydroxylation sites is 2. The Morgan fingerprint density at radius 2 is 1.70 bits per heavy atom. The van der Waals surface area contributed by atoms with E-state index in [0.29, 0.717) is 19.4 Å². The number of fused-ring (bicyclic) bond motifs is 1. The molecule has 0 saturated heterocycles. The van der Waals surface area contributed by atoms with Gasteiger partial charge in [-0.2, -0.15) is 0 Å². The van der Waals surface area contributed by atoms with Crippen molar-refractivity contribution in [3.8, 4) is 5.75 Å². The third kappa shape index (κ3) is 2.65. The van der Waals surface area contributed by atoms with Gasteiger partial charge in [0.05, 0.1) is 12.2 Å². The Morgan fingerprint density at radius 1 is 1.04 bits per heavy atom. The molecule has 0 saturated carbocycles. The van der Waals surface area contributed by atoms with E-state index in [1.807, 2.05) is 67.3 Å². The van der Waals surface area contributed by atoms with Gasteiger partial charge in [-0.05, 0) is 42.7 Å². The molecule has 120 valence electrons. The number of nitrogen functional groups attached to an aromatic ring is 1. The van der Waals surface area contributed by atoms with Crippen LogP contribution in [-0.2, 0) is 11.3 Å². The van der Waals surface area contributed by atoms with E-state index in [4.69, 9.17) is 10.5 Å². The highest BCUT2D eigenvalue weighted by molar-refractivity contribution is 6.02. The fourth-order valence-electron chi connectivity index (χ4n) is 3.04. The molecule has 1 amide bonds. The van der Waals surface area contributed by atoms with Gasteiger partial charge in [-0.1, -0.05) is 38.1 Å². The van der Waals surface area contributed by atoms with Crippen LogP contribution in [0.25, 0.3) is 0 Å². The van der Waals surface area contributed by atoms with Crippen LogP contribution in [0, 0.1) is 0 Å². The number of carbonyl (C=O) groups is 1. The average Bonchev–Trinajstić information content (AvgIpc) is 2.59. The number of anilines is 2. The zero-order valence-corrected chi connectivity index (χ0v) is 13.6. The van der Waals surface area contributed by atoms with Crippen molar-refractivity contribution in [2.75, 3.05) is 10.6 Å². The summed E-state index contributed by atoms with van der Waals surface area (Å²) in [4.78, 5) is 15.0. The lowest BCUT2D eigenvalue weighted by Crippen LogP contribution is -2.55. The predicted molar refractivity (Wildman–Crippen MR) is 92.4 cm³/mol. The van der Waals surface area contributed by atoms with E-state index in [1.54, 1.807) is 0 Å². The number of benzene rings is 2. The standard InChI is InChI=1S/C19H22N2O2/c1-3-19(4-2)18(22)21(13-14-9-11-15(20)12-10-14)16-7-5-6-8-17(16)23-19/h5-12H,3-4,13,20H2,1-2H3. The molecular weight excluding hydrogens is 288 g/mol. The molecule has 2 aromatic carbocycles. The van der Waals surface area contributed by atoms with Crippen molar-refractivity contribution in [2.24, 2.45) is 0 Å². The molecule has 4 nitrogen and oxygen atoms in total. The van der Waals surface area contributed by atoms with Crippen LogP contribution >= 0.6 is 0 Å². The third-order valence-electron chi connectivity index (χ3n) is 4.56. The van der Waals surface area contributed by atoms with Crippen LogP contribution in [0.5, 0.6) is 5.75 Å². The molecule has 0 spiro atoms. The number of ether oxygens (including phenoxy) is 1. The van der Waals surface area contributed by atoms with E-state index in [-0.39, 0.29) is 5.91 Å². The summed E-state index contributed by atoms with van der Waals surface area (Å²) in [5.41, 5.74) is 7.57. The van der Waals surface area contributed by atoms with E-state index in [2.05, 4.69) is 0 Å². The topological polar surface area (TPSA) is 55.6 Å². The molecule has 0 bridgehead atoms. The maximum Gasteiger partial charge on any atom is 0.271 e. The summed E-state index contributed by atoms with van der Waals surface area (Å²) in [5.74, 6) is 0.796. The zero-order valence-electron chi connectivity index (χ0n) is 13.6. The SMILES string of the molecule is CCC1(CC)Oc2ccccc2N(Cc2ccc(N)cc2)C1=O. The van der Waals surface area contributed by atoms with Crippen molar-refractivity contribution in [3.05, 3.63) is 54.1 Å². The zero-order chi connectivity index (χ0) is 16.4. The summed E-state index contributed by atoms with van der Waals surface area (Å²) >= 11 is 0. The fourth-order valence-corrected chi connectivity index (χ4v) is 3.04. The van der Waals surface area contributed by atoms with Gasteiger partial charge in [-0.15, -0.1) is 0 Å². The molecule has 23 heavy (non-hydrogen) atoms. The van der Waals surface area contributed by atoms with Crippen LogP contribution < -0.4 is 15.4 Å². The molecule has 1 aliphatic heterocycles. The molecule has 2 N–H and O–H groups in total. The fraction of sp³-hybridized carbons (Fsp3) is 0.316. The summed E-state index contributed by atoms with van der Waals surface area (Å²) < 4.78 is 6.11. The Labute approximate surface area is 136 Å². The van der Waals surface area contributed by atoms with Crippen molar-refractivity contribution in [1.29, 1.82) is 0 Å². The van der Waals surface area contributed by atoms with Gasteiger partial charge < -0.3 is 15.4 Å². The minimum Gasteiger partial charge on any atom is -0.475 e. The number of amides is 1. The minimum absolute atomic E-state index is 0.0259. The highest BCUT2D eigenvalue weighted by atomic mass is 16.5. The Kier molecular flexibility index (Phi) is 3.99. The first-order chi connectivity index (χ1) is 11.1. The number of hydrogen-bond acceptors (Lipinski definition) is 3. The largest absolute Gasteiger partial charge is 0.475 e. The summed E-state index contributed by atoms with van der Waals surface area (Å²) in [7, 11) is 0. The van der Waals surface area contributed by atoms with Crippen LogP contribution in [-0.4, -0.2) is 11.5 Å². The molecule has 4 heteroatoms. The van der Waals surface area contributed by atoms with E-state index < -0.39 is 5.60 Å². The van der Waals surface area contributed by atoms with Gasteiger partial charge in [0.1, 0.15) is 5.75 Å². The van der Waals surface area contributed by atoms with E-state index in [1.165, 1.54) is 0 Å². The summed E-state index contributed by atoms with van der Waals surface area (Å²) in [5, 5.41) is 0. The first-order valence-corrected chi connectivity index (χ1v) is 8.04. The molecule has 0 radical (unpaired) electrons. The van der Waals surface area contributed by atoms with E-state index >= 15 is 0 Å². The summed E-state index contributed by atoms with van der Waals surface area (Å²) in [6.07, 6.45) is 1.30. The van der Waals surface area contributed by atoms with Gasteiger partial charge in [0, 0.05) is 5.69 Å². The first-order valence-electron chi connectivity index (χ1n) is 8.04. The van der Waals surface area contributed by atoms with Gasteiger partial charge in [-0.3, -0.25) is 4.79 Å². The average molecular weight is 310 g/mol. The molecule has 0 fully saturated rings. The highest BCUT2D eigenvalue weighted by Crippen LogP contribution is 2.41. The van der Waals surface area contributed by atoms with Gasteiger partial charge in [0.2, 0.25) is 0 Å². The Balaban J connectivity index is 2.02. The van der Waals surface area contributed by atoms with Crippen molar-refractivity contribution < 1.29 is 9.53 Å². The lowest BCUT2D eigenvalue weighted by atomic mass is 9.92. The smallest absolute Gasteiger partial charge is 0.271 e. The van der Waals surface area contributed by atoms with Crippen molar-refractivity contribution >= 4 is 17.3 Å². The van der Waals surface area contributed by atoms with Crippen molar-refractivity contribution in [1.82, 2.24) is 0 Å². The number of carbonyl (C=O) groups excluding carboxylic acids is 1. The number of nitrogens with two attached hydrogens (primary N) is 1. The first kappa shape index (κ1) is 15.4. The van der Waals surface area contributed by atoms with Gasteiger partial charge >= 0.3 is 0 Å². The Bertz CT molecular complexity index is 706. The quantitative estimate of drug-likeness (QED) is 0.875. The molecule has 1 heterocycles. The lowest BCUT2D eigenvalue weighted by molar-refractivity contribution is -0.136. The Hall–Kier alpha value is -2.49. The number of hydrogen-bond donors (Lipinski definition) is 1. The molecule has 0 aromatic heterocycles. The van der Waals surface area contributed by atoms with Crippen LogP contribution in [0.3, 0.4) is 0 Å². The second-order valence-electron chi connectivity index (χ2n) is 5.90. The van der Waals surface area contributed by atoms with Gasteiger partial charge in [0.25, 0.3) is 5.91 Å². The maximum atomic E-state index is 13.1. The van der Waals surface area contributed by atoms with Crippen LogP contribution in [0.4, 0.5) is 11.4 Å². The maximum absolute atomic E-state index is 13.1. The molecule has 1 aliphatic rings. The summed E-state index contributed by atoms with van der Waals surface area (Å²) in [6, 6.07) is 15.4. The molecule has 0 atom stereocenters. The molecule has 0 unspecified atom stereocenters. The van der Waals surface area contributed by atoms with Crippen molar-refractivity contribution in [3.63, 3.8) is 0 Å². The van der Waals surface area contributed by atoms with Gasteiger partial charge in [0.15, 0.2) is 5.60 Å². The molecule has 3 rings (SSSR count). The van der Waals surface area contributed by atoms with Crippen LogP contribution in [0.15, 0.2) is 48.5 Å². The molecular formula is C19H22N2O2. The number of rotatable bonds is 4. The minimum atomic E-state index is -0.776. The van der Waals surface area contributed by atoms with Crippen LogP contribution in [0.1, 0.15) is 32.3 Å². The van der Waals surface area contributed by atoms with Gasteiger partial charge in [-0.25, -0.2) is 0 Å². The monoisotopic (exact) mass is 310 g/mol. The van der Waals surface area contributed by atoms with E-state index in [9.17, 15) is 4.79 Å². The Morgan fingerprint density at radius 3 is 2.35 bits per heavy atom. The summed E-state index contributed by atoms with van der Waals surface area (Å²) in [6.45, 7) is 4.51. The molecule has 0 aliphatic carbocycles. The van der Waals surface area contributed by atoms with E-state index in [0.717, 1.165) is 22.7 Å². The van der Waals surface area contributed by atoms with Crippen LogP contribution in [0.2, 0.25) is 0 Å². The predicted octanol–water partition coefficient (Wildman–Crippen LogP) is 3.75. The normalized spacial score (nSPS) is 15.9. The second-order valence-corrected chi connectivity index (χ2v) is 5.90.